The lowest BCUT2D eigenvalue weighted by Gasteiger charge is -2.13. The van der Waals surface area contributed by atoms with Crippen molar-refractivity contribution in [2.45, 2.75) is 85.6 Å². The monoisotopic (exact) mass is 1870 g/mol. The number of halogens is 5. The van der Waals surface area contributed by atoms with Gasteiger partial charge in [0.1, 0.15) is 45.8 Å². The zero-order chi connectivity index (χ0) is 90.2. The average Bonchev–Trinajstić information content (AvgIpc) is 1.61. The molecule has 0 atom stereocenters. The summed E-state index contributed by atoms with van der Waals surface area (Å²) >= 11 is 30.3. The predicted molar refractivity (Wildman–Crippen MR) is 499 cm³/mol. The fraction of sp³-hybridized carbons (Fsp3) is 0.239. The summed E-state index contributed by atoms with van der Waals surface area (Å²) in [6.45, 7) is 9.87. The quantitative estimate of drug-likeness (QED) is 0.0228. The molecule has 10 aromatic carbocycles. The van der Waals surface area contributed by atoms with Crippen LogP contribution in [0.1, 0.15) is 118 Å². The van der Waals surface area contributed by atoms with E-state index in [9.17, 15) is 52.8 Å². The van der Waals surface area contributed by atoms with Crippen LogP contribution in [0.3, 0.4) is 0 Å². The van der Waals surface area contributed by atoms with Gasteiger partial charge in [-0.3, -0.25) is 19.2 Å². The van der Waals surface area contributed by atoms with Gasteiger partial charge in [0.25, 0.3) is 23.6 Å². The van der Waals surface area contributed by atoms with E-state index in [1.54, 1.807) is 54.1 Å². The predicted octanol–water partition coefficient (Wildman–Crippen LogP) is 18.7. The average molecular weight is 1870 g/mol. The number of nitrogens with one attached hydrogen (secondary N) is 6. The van der Waals surface area contributed by atoms with Gasteiger partial charge in [0, 0.05) is 87.7 Å². The van der Waals surface area contributed by atoms with E-state index in [0.29, 0.717) is 138 Å². The molecule has 14 rings (SSSR count). The third-order valence-corrected chi connectivity index (χ3v) is 24.1. The highest BCUT2D eigenvalue weighted by Crippen LogP contribution is 2.35. The van der Waals surface area contributed by atoms with Gasteiger partial charge in [0.15, 0.2) is 0 Å². The molecule has 0 aliphatic heterocycles. The molecule has 0 fully saturated rings. The molecule has 0 aliphatic carbocycles. The topological polar surface area (TPSA) is 331 Å². The van der Waals surface area contributed by atoms with Crippen molar-refractivity contribution in [3.8, 4) is 23.0 Å². The largest absolute Gasteiger partial charge is 0.494 e. The summed E-state index contributed by atoms with van der Waals surface area (Å²) in [6.07, 6.45) is 8.55. The first-order valence-corrected chi connectivity index (χ1v) is 48.9. The Kier molecular flexibility index (Phi) is 31.7. The summed E-state index contributed by atoms with van der Waals surface area (Å²) in [6, 6.07) is 64.5. The highest BCUT2D eigenvalue weighted by molar-refractivity contribution is 7.90. The second kappa shape index (κ2) is 41.8. The van der Waals surface area contributed by atoms with E-state index in [-0.39, 0.29) is 11.4 Å². The van der Waals surface area contributed by atoms with E-state index in [4.69, 9.17) is 77.0 Å². The standard InChI is InChI=1S/C30H28N2O4S.C21H22Cl2N2O4S.C21H23ClN2O4S.C20H20Cl2N2O4S/c1-37(34,35)31-30(33)29-26(17-10-20-36-28-19-9-14-23-13-5-6-15-24(23)28)25-16-7-8-18-27(25)32(29)21-22-11-3-2-4-12-22;1-12-9-15(10-13(2)19(12)23)29-8-4-5-17-16-7-6-14(22)11-18(16)24-20(17)21(26)25-30(3,27)28;1-14-13-15(10-11-18(14)22)28-12-6-8-17-16-7-4-5-9-19(16)24(2)20(17)21(25)23-29(3,26)27;1-12-10-14(6-8-17(12)22)28-9-3-4-16-15-7-5-13(21)11-18(15)23-19(16)20(25)24-29(2,26)27/h2-9,11-16,18-19H,10,17,20-21H2,1H3,(H,31,33);6-7,9-11,24H,4-5,8H2,1-3H3,(H,25,26);4-5,7,9-11,13H,6,8,12H2,1-3H3,(H,23,25);5-8,10-11,23H,3-4,9H2,1-2H3,(H,24,25). The zero-order valence-electron chi connectivity index (χ0n) is 69.8. The molecule has 0 bridgehead atoms. The van der Waals surface area contributed by atoms with Gasteiger partial charge in [-0.2, -0.15) is 0 Å². The molecule has 4 aromatic heterocycles. The Labute approximate surface area is 751 Å². The summed E-state index contributed by atoms with van der Waals surface area (Å²) in [5.74, 6) is 0.339. The number of rotatable bonds is 30. The van der Waals surface area contributed by atoms with Gasteiger partial charge in [0.2, 0.25) is 40.1 Å². The van der Waals surface area contributed by atoms with Gasteiger partial charge < -0.3 is 38.0 Å². The van der Waals surface area contributed by atoms with Crippen LogP contribution in [-0.2, 0) is 79.4 Å². The van der Waals surface area contributed by atoms with E-state index >= 15 is 0 Å². The van der Waals surface area contributed by atoms with Crippen LogP contribution in [0, 0.1) is 27.7 Å². The number of carbonyl (C=O) groups is 4. The van der Waals surface area contributed by atoms with E-state index in [1.165, 1.54) is 0 Å². The van der Waals surface area contributed by atoms with E-state index in [2.05, 4.69) is 31.5 Å². The summed E-state index contributed by atoms with van der Waals surface area (Å²) < 4.78 is 128. The minimum absolute atomic E-state index is 0.204. The number of fused-ring (bicyclic) bond motifs is 5. The van der Waals surface area contributed by atoms with Gasteiger partial charge in [-0.05, 0) is 226 Å². The van der Waals surface area contributed by atoms with Crippen molar-refractivity contribution in [1.82, 2.24) is 38.0 Å². The smallest absolute Gasteiger partial charge is 0.281 e. The molecule has 4 amide bonds. The lowest BCUT2D eigenvalue weighted by molar-refractivity contribution is 0.0963. The van der Waals surface area contributed by atoms with Crippen LogP contribution in [0.5, 0.6) is 23.0 Å². The van der Waals surface area contributed by atoms with Gasteiger partial charge >= 0.3 is 0 Å². The maximum absolute atomic E-state index is 13.3. The normalized spacial score (nSPS) is 11.6. The van der Waals surface area contributed by atoms with Crippen LogP contribution < -0.4 is 37.8 Å². The molecule has 24 nitrogen and oxygen atoms in total. The third-order valence-electron chi connectivity index (χ3n) is 20.0. The number of benzene rings is 10. The van der Waals surface area contributed by atoms with E-state index in [0.717, 1.165) is 135 Å². The number of aromatic amines is 2. The number of hydrogen-bond acceptors (Lipinski definition) is 16. The summed E-state index contributed by atoms with van der Waals surface area (Å²) in [5, 5.41) is 8.78. The van der Waals surface area contributed by atoms with Gasteiger partial charge in [-0.15, -0.1) is 0 Å². The number of aromatic nitrogens is 4. The Balaban J connectivity index is 0.000000163. The summed E-state index contributed by atoms with van der Waals surface area (Å²) in [5.41, 5.74) is 12.0. The maximum Gasteiger partial charge on any atom is 0.281 e. The van der Waals surface area contributed by atoms with Crippen LogP contribution in [0.25, 0.3) is 54.4 Å². The first-order chi connectivity index (χ1) is 59.3. The number of amides is 4. The van der Waals surface area contributed by atoms with Crippen molar-refractivity contribution in [2.75, 3.05) is 51.5 Å². The second-order valence-electron chi connectivity index (χ2n) is 29.9. The Morgan fingerprint density at radius 1 is 0.368 bits per heavy atom. The highest BCUT2D eigenvalue weighted by atomic mass is 35.5. The molecule has 0 saturated heterocycles. The molecule has 0 aliphatic rings. The third kappa shape index (κ3) is 25.8. The van der Waals surface area contributed by atoms with Crippen LogP contribution in [0.4, 0.5) is 0 Å². The Morgan fingerprint density at radius 2 is 0.752 bits per heavy atom. The van der Waals surface area contributed by atoms with Crippen LogP contribution in [0.2, 0.25) is 25.1 Å². The van der Waals surface area contributed by atoms with Crippen molar-refractivity contribution in [1.29, 1.82) is 0 Å². The molecule has 14 aromatic rings. The number of sulfonamides is 4. The first-order valence-electron chi connectivity index (χ1n) is 39.4. The molecule has 0 unspecified atom stereocenters. The maximum atomic E-state index is 13.3. The van der Waals surface area contributed by atoms with Crippen molar-refractivity contribution in [3.63, 3.8) is 0 Å². The van der Waals surface area contributed by atoms with Crippen molar-refractivity contribution < 1.29 is 71.8 Å². The first kappa shape index (κ1) is 94.6. The number of hydrogen-bond donors (Lipinski definition) is 6. The molecular formula is C92H93Cl5N8O16S4. The Morgan fingerprint density at radius 3 is 1.23 bits per heavy atom. The molecule has 4 heterocycles. The van der Waals surface area contributed by atoms with E-state index < -0.39 is 63.7 Å². The molecule has 0 spiro atoms. The summed E-state index contributed by atoms with van der Waals surface area (Å²) in [4.78, 5) is 56.9. The van der Waals surface area contributed by atoms with Crippen LogP contribution in [0.15, 0.2) is 206 Å². The van der Waals surface area contributed by atoms with Gasteiger partial charge in [-0.25, -0.2) is 52.6 Å². The SMILES string of the molecule is CS(=O)(=O)NC(=O)c1c(CCCOc2cccc3ccccc23)c2ccccc2n1Cc1ccccc1.Cc1cc(OCCCc2c(C(=O)NS(C)(=O)=O)[nH]c3cc(Cl)ccc23)cc(C)c1Cl.Cc1cc(OCCCc2c(C(=O)NS(C)(=O)=O)[nH]c3cc(Cl)ccc23)ccc1Cl.Cc1cc(OCCCc2c(C(=O)NS(C)(=O)=O)n(C)c3ccccc23)ccc1Cl. The number of ether oxygens (including phenoxy) is 4. The molecule has 0 saturated carbocycles. The Hall–Kier alpha value is -11.1. The molecule has 33 heteroatoms. The lowest BCUT2D eigenvalue weighted by atomic mass is 10.1. The molecule has 656 valence electrons. The van der Waals surface area contributed by atoms with Crippen LogP contribution >= 0.6 is 58.0 Å². The summed E-state index contributed by atoms with van der Waals surface area (Å²) in [7, 11) is -13.0. The molecule has 125 heavy (non-hydrogen) atoms. The van der Waals surface area contributed by atoms with Crippen molar-refractivity contribution >= 4 is 176 Å². The van der Waals surface area contributed by atoms with Crippen molar-refractivity contribution in [3.05, 3.63) is 304 Å². The second-order valence-corrected chi connectivity index (χ2v) is 39.0. The van der Waals surface area contributed by atoms with E-state index in [1.807, 2.05) is 193 Å². The number of carbonyl (C=O) groups excluding carboxylic acids is 4. The fourth-order valence-electron chi connectivity index (χ4n) is 14.5. The lowest BCUT2D eigenvalue weighted by Crippen LogP contribution is -2.32. The number of H-pyrrole nitrogens is 2. The Bertz CT molecular complexity index is 6830. The molecule has 6 N–H and O–H groups in total. The highest BCUT2D eigenvalue weighted by Gasteiger charge is 2.28. The van der Waals surface area contributed by atoms with Gasteiger partial charge in [0.05, 0.1) is 51.5 Å². The number of aryl methyl sites for hydroxylation is 9. The zero-order valence-corrected chi connectivity index (χ0v) is 76.8. The minimum atomic E-state index is -3.73. The van der Waals surface area contributed by atoms with Crippen LogP contribution in [-0.4, -0.2) is 128 Å². The van der Waals surface area contributed by atoms with Crippen molar-refractivity contribution in [2.24, 2.45) is 7.05 Å². The number of nitrogens with zero attached hydrogens (tertiary/aromatic N) is 2. The molecular weight excluding hydrogens is 1780 g/mol. The number of para-hydroxylation sites is 2. The minimum Gasteiger partial charge on any atom is -0.494 e. The fourth-order valence-corrected chi connectivity index (χ4v) is 17.0. The molecule has 0 radical (unpaired) electrons. The van der Waals surface area contributed by atoms with Gasteiger partial charge in [-0.1, -0.05) is 173 Å².